The van der Waals surface area contributed by atoms with Gasteiger partial charge >= 0.3 is 0 Å². The van der Waals surface area contributed by atoms with Crippen molar-refractivity contribution in [3.63, 3.8) is 0 Å². The van der Waals surface area contributed by atoms with Gasteiger partial charge in [0.05, 0.1) is 5.52 Å². The second-order valence-corrected chi connectivity index (χ2v) is 5.82. The smallest absolute Gasteiger partial charge is 0.107 e. The number of hydrogen-bond acceptors (Lipinski definition) is 2. The second-order valence-electron chi connectivity index (χ2n) is 3.85. The number of benzene rings is 1. The number of rotatable bonds is 1. The van der Waals surface area contributed by atoms with E-state index in [2.05, 4.69) is 60.6 Å². The average molecular weight is 411 g/mol. The minimum Gasteiger partial charge on any atom is -0.254 e. The number of nitrogens with zero attached hydrogens (tertiary/aromatic N) is 2. The molecular weight excluding hydrogens is 403 g/mol. The van der Waals surface area contributed by atoms with Crippen molar-refractivity contribution in [2.24, 2.45) is 0 Å². The summed E-state index contributed by atoms with van der Waals surface area (Å²) in [5.41, 5.74) is 4.13. The Morgan fingerprint density at radius 3 is 2.56 bits per heavy atom. The van der Waals surface area contributed by atoms with Gasteiger partial charge < -0.3 is 0 Å². The molecule has 0 fully saturated rings. The highest BCUT2D eigenvalue weighted by Crippen LogP contribution is 2.30. The van der Waals surface area contributed by atoms with Crippen molar-refractivity contribution in [2.45, 2.75) is 0 Å². The molecule has 0 bridgehead atoms. The SMILES string of the molecule is Brc1cc(-c2ccccc2)c2nccc(I)c2n1. The molecule has 2 nitrogen and oxygen atoms in total. The molecule has 0 N–H and O–H groups in total. The summed E-state index contributed by atoms with van der Waals surface area (Å²) in [7, 11) is 0. The van der Waals surface area contributed by atoms with E-state index in [4.69, 9.17) is 0 Å². The molecule has 0 saturated carbocycles. The van der Waals surface area contributed by atoms with Crippen molar-refractivity contribution in [3.8, 4) is 11.1 Å². The monoisotopic (exact) mass is 410 g/mol. The third-order valence-electron chi connectivity index (χ3n) is 2.70. The zero-order chi connectivity index (χ0) is 12.5. The van der Waals surface area contributed by atoms with Crippen LogP contribution in [0, 0.1) is 3.57 Å². The van der Waals surface area contributed by atoms with Crippen LogP contribution in [-0.4, -0.2) is 9.97 Å². The zero-order valence-electron chi connectivity index (χ0n) is 9.27. The Balaban J connectivity index is 2.39. The highest BCUT2D eigenvalue weighted by molar-refractivity contribution is 14.1. The van der Waals surface area contributed by atoms with Gasteiger partial charge in [-0.2, -0.15) is 0 Å². The van der Waals surface area contributed by atoms with E-state index in [9.17, 15) is 0 Å². The molecule has 0 radical (unpaired) electrons. The van der Waals surface area contributed by atoms with Crippen LogP contribution in [0.3, 0.4) is 0 Å². The Morgan fingerprint density at radius 1 is 1.00 bits per heavy atom. The maximum atomic E-state index is 4.51. The predicted molar refractivity (Wildman–Crippen MR) is 85.4 cm³/mol. The lowest BCUT2D eigenvalue weighted by atomic mass is 10.1. The van der Waals surface area contributed by atoms with Crippen LogP contribution in [0.1, 0.15) is 0 Å². The number of pyridine rings is 2. The highest BCUT2D eigenvalue weighted by atomic mass is 127. The van der Waals surface area contributed by atoms with E-state index in [-0.39, 0.29) is 0 Å². The number of aromatic nitrogens is 2. The van der Waals surface area contributed by atoms with Crippen LogP contribution in [0.15, 0.2) is 53.3 Å². The fourth-order valence-corrected chi connectivity index (χ4v) is 2.84. The van der Waals surface area contributed by atoms with Gasteiger partial charge in [0.15, 0.2) is 0 Å². The fraction of sp³-hybridized carbons (Fsp3) is 0. The first-order valence-corrected chi connectivity index (χ1v) is 7.29. The van der Waals surface area contributed by atoms with Crippen molar-refractivity contribution in [1.29, 1.82) is 0 Å². The van der Waals surface area contributed by atoms with E-state index >= 15 is 0 Å². The van der Waals surface area contributed by atoms with Crippen LogP contribution < -0.4 is 0 Å². The number of halogens is 2. The van der Waals surface area contributed by atoms with E-state index in [1.54, 1.807) is 0 Å². The van der Waals surface area contributed by atoms with Gasteiger partial charge in [-0.1, -0.05) is 30.3 Å². The Morgan fingerprint density at radius 2 is 1.78 bits per heavy atom. The van der Waals surface area contributed by atoms with E-state index < -0.39 is 0 Å². The lowest BCUT2D eigenvalue weighted by Gasteiger charge is -2.07. The Kier molecular flexibility index (Phi) is 3.30. The molecule has 3 rings (SSSR count). The Hall–Kier alpha value is -1.01. The third kappa shape index (κ3) is 2.14. The quantitative estimate of drug-likeness (QED) is 0.430. The van der Waals surface area contributed by atoms with Gasteiger partial charge in [0, 0.05) is 15.3 Å². The predicted octanol–water partition coefficient (Wildman–Crippen LogP) is 4.66. The highest BCUT2D eigenvalue weighted by Gasteiger charge is 2.09. The molecule has 0 saturated heterocycles. The van der Waals surface area contributed by atoms with Gasteiger partial charge in [-0.15, -0.1) is 0 Å². The first-order valence-electron chi connectivity index (χ1n) is 5.42. The standard InChI is InChI=1S/C14H8BrIN2/c15-12-8-10(9-4-2-1-3-5-9)13-14(18-12)11(16)6-7-17-13/h1-8H. The van der Waals surface area contributed by atoms with Gasteiger partial charge in [0.25, 0.3) is 0 Å². The van der Waals surface area contributed by atoms with Gasteiger partial charge in [-0.25, -0.2) is 4.98 Å². The van der Waals surface area contributed by atoms with Crippen LogP contribution in [0.2, 0.25) is 0 Å². The topological polar surface area (TPSA) is 25.8 Å². The van der Waals surface area contributed by atoms with Crippen molar-refractivity contribution < 1.29 is 0 Å². The van der Waals surface area contributed by atoms with Gasteiger partial charge in [-0.3, -0.25) is 4.98 Å². The lowest BCUT2D eigenvalue weighted by Crippen LogP contribution is -1.91. The molecule has 88 valence electrons. The zero-order valence-corrected chi connectivity index (χ0v) is 13.0. The third-order valence-corrected chi connectivity index (χ3v) is 3.97. The molecule has 0 unspecified atom stereocenters. The van der Waals surface area contributed by atoms with Crippen molar-refractivity contribution in [1.82, 2.24) is 9.97 Å². The molecular formula is C14H8BrIN2. The first kappa shape index (κ1) is 12.0. The van der Waals surface area contributed by atoms with Gasteiger partial charge in [0.2, 0.25) is 0 Å². The summed E-state index contributed by atoms with van der Waals surface area (Å²) >= 11 is 5.76. The van der Waals surface area contributed by atoms with Crippen molar-refractivity contribution >= 4 is 49.6 Å². The average Bonchev–Trinajstić information content (AvgIpc) is 2.40. The Labute approximate surface area is 127 Å². The first-order chi connectivity index (χ1) is 8.75. The maximum absolute atomic E-state index is 4.51. The number of fused-ring (bicyclic) bond motifs is 1. The summed E-state index contributed by atoms with van der Waals surface area (Å²) in [6.07, 6.45) is 1.83. The minimum absolute atomic E-state index is 0.833. The van der Waals surface area contributed by atoms with E-state index in [1.807, 2.05) is 36.5 Å². The Bertz CT molecular complexity index is 714. The summed E-state index contributed by atoms with van der Waals surface area (Å²) in [6.45, 7) is 0. The fourth-order valence-electron chi connectivity index (χ4n) is 1.90. The maximum Gasteiger partial charge on any atom is 0.107 e. The molecule has 2 aromatic heterocycles. The van der Waals surface area contributed by atoms with Crippen molar-refractivity contribution in [2.75, 3.05) is 0 Å². The van der Waals surface area contributed by atoms with Crippen LogP contribution in [0.4, 0.5) is 0 Å². The summed E-state index contributed by atoms with van der Waals surface area (Å²) in [6, 6.07) is 14.2. The minimum atomic E-state index is 0.833. The van der Waals surface area contributed by atoms with Crippen LogP contribution in [0.5, 0.6) is 0 Å². The summed E-state index contributed by atoms with van der Waals surface area (Å²) in [5, 5.41) is 0. The normalized spacial score (nSPS) is 10.8. The van der Waals surface area contributed by atoms with Crippen LogP contribution in [0.25, 0.3) is 22.2 Å². The van der Waals surface area contributed by atoms with E-state index in [0.29, 0.717) is 0 Å². The molecule has 1 aromatic carbocycles. The molecule has 0 aliphatic heterocycles. The summed E-state index contributed by atoms with van der Waals surface area (Å²) < 4.78 is 1.94. The molecule has 2 heterocycles. The van der Waals surface area contributed by atoms with Crippen molar-refractivity contribution in [3.05, 3.63) is 56.8 Å². The lowest BCUT2D eigenvalue weighted by molar-refractivity contribution is 1.29. The summed E-state index contributed by atoms with van der Waals surface area (Å²) in [5.74, 6) is 0. The molecule has 0 spiro atoms. The molecule has 0 atom stereocenters. The van der Waals surface area contributed by atoms with E-state index in [0.717, 1.165) is 30.3 Å². The molecule has 0 aliphatic carbocycles. The summed E-state index contributed by atoms with van der Waals surface area (Å²) in [4.78, 5) is 8.98. The molecule has 0 amide bonds. The molecule has 3 aromatic rings. The van der Waals surface area contributed by atoms with Gasteiger partial charge in [-0.05, 0) is 56.2 Å². The van der Waals surface area contributed by atoms with Crippen LogP contribution >= 0.6 is 38.5 Å². The van der Waals surface area contributed by atoms with E-state index in [1.165, 1.54) is 0 Å². The molecule has 18 heavy (non-hydrogen) atoms. The largest absolute Gasteiger partial charge is 0.254 e. The second kappa shape index (κ2) is 4.93. The molecule has 4 heteroatoms. The van der Waals surface area contributed by atoms with Crippen LogP contribution in [-0.2, 0) is 0 Å². The number of hydrogen-bond donors (Lipinski definition) is 0. The molecule has 0 aliphatic rings. The van der Waals surface area contributed by atoms with Gasteiger partial charge in [0.1, 0.15) is 10.1 Å².